The van der Waals surface area contributed by atoms with Gasteiger partial charge in [0.2, 0.25) is 5.91 Å². The summed E-state index contributed by atoms with van der Waals surface area (Å²) in [6.07, 6.45) is -2.14. The Balaban J connectivity index is 1.40. The number of benzene rings is 2. The Morgan fingerprint density at radius 3 is 2.39 bits per heavy atom. The standard InChI is InChI=1S/C26H19F4N3O3/c27-22-12-16(10-19(34)9-15-1-3-18(14-31)21(11-15)26(28,29)30)2-6-23(22)36-20-7-8-32-24(13-20)33-25(35)17-4-5-17/h1-3,6-8,11-13,17H,4-5,9-10H2,(H,32,33,35). The van der Waals surface area contributed by atoms with Crippen LogP contribution in [-0.2, 0) is 28.6 Å². The maximum absolute atomic E-state index is 14.6. The molecule has 0 spiro atoms. The van der Waals surface area contributed by atoms with Crippen molar-refractivity contribution < 1.29 is 31.9 Å². The van der Waals surface area contributed by atoms with Gasteiger partial charge in [0.1, 0.15) is 17.4 Å². The lowest BCUT2D eigenvalue weighted by Crippen LogP contribution is -2.14. The molecule has 0 radical (unpaired) electrons. The second-order valence-electron chi connectivity index (χ2n) is 8.39. The number of aromatic nitrogens is 1. The van der Waals surface area contributed by atoms with Crippen molar-refractivity contribution in [2.75, 3.05) is 5.32 Å². The van der Waals surface area contributed by atoms with Crippen LogP contribution in [0.1, 0.15) is 35.1 Å². The molecule has 2 aromatic carbocycles. The van der Waals surface area contributed by atoms with Crippen LogP contribution in [-0.4, -0.2) is 16.7 Å². The lowest BCUT2D eigenvalue weighted by Gasteiger charge is -2.11. The number of nitriles is 1. The van der Waals surface area contributed by atoms with Gasteiger partial charge in [-0.05, 0) is 54.3 Å². The Morgan fingerprint density at radius 2 is 1.75 bits per heavy atom. The van der Waals surface area contributed by atoms with Gasteiger partial charge in [-0.3, -0.25) is 9.59 Å². The Labute approximate surface area is 203 Å². The van der Waals surface area contributed by atoms with Gasteiger partial charge in [0.25, 0.3) is 0 Å². The molecule has 1 aliphatic carbocycles. The molecule has 6 nitrogen and oxygen atoms in total. The van der Waals surface area contributed by atoms with E-state index < -0.39 is 28.9 Å². The number of alkyl halides is 3. The summed E-state index contributed by atoms with van der Waals surface area (Å²) in [5.41, 5.74) is -1.20. The third-order valence-corrected chi connectivity index (χ3v) is 5.47. The first-order valence-corrected chi connectivity index (χ1v) is 11.0. The molecule has 184 valence electrons. The predicted octanol–water partition coefficient (Wildman–Crippen LogP) is 5.61. The smallest absolute Gasteiger partial charge is 0.417 e. The molecule has 1 amide bonds. The van der Waals surface area contributed by atoms with Gasteiger partial charge >= 0.3 is 6.18 Å². The maximum atomic E-state index is 14.6. The fraction of sp³-hybridized carbons (Fsp3) is 0.231. The van der Waals surface area contributed by atoms with Crippen LogP contribution < -0.4 is 10.1 Å². The monoisotopic (exact) mass is 497 g/mol. The van der Waals surface area contributed by atoms with Crippen LogP contribution in [0.15, 0.2) is 54.7 Å². The van der Waals surface area contributed by atoms with Gasteiger partial charge in [0, 0.05) is 31.0 Å². The third-order valence-electron chi connectivity index (χ3n) is 5.47. The van der Waals surface area contributed by atoms with E-state index in [0.717, 1.165) is 31.0 Å². The Hall–Kier alpha value is -4.26. The topological polar surface area (TPSA) is 92.1 Å². The Bertz CT molecular complexity index is 1360. The number of amides is 1. The van der Waals surface area contributed by atoms with Crippen molar-refractivity contribution in [1.29, 1.82) is 5.26 Å². The molecule has 0 atom stereocenters. The van der Waals surface area contributed by atoms with Crippen LogP contribution in [0.5, 0.6) is 11.5 Å². The fourth-order valence-corrected chi connectivity index (χ4v) is 3.53. The van der Waals surface area contributed by atoms with E-state index in [0.29, 0.717) is 5.56 Å². The quantitative estimate of drug-likeness (QED) is 0.409. The van der Waals surface area contributed by atoms with E-state index in [-0.39, 0.29) is 47.5 Å². The van der Waals surface area contributed by atoms with E-state index in [9.17, 15) is 27.2 Å². The molecule has 0 unspecified atom stereocenters. The molecule has 1 saturated carbocycles. The lowest BCUT2D eigenvalue weighted by atomic mass is 9.98. The summed E-state index contributed by atoms with van der Waals surface area (Å²) in [6, 6.07) is 11.5. The zero-order valence-corrected chi connectivity index (χ0v) is 18.7. The fourth-order valence-electron chi connectivity index (χ4n) is 3.53. The summed E-state index contributed by atoms with van der Waals surface area (Å²) in [7, 11) is 0. The molecule has 1 aliphatic rings. The number of ether oxygens (including phenoxy) is 1. The highest BCUT2D eigenvalue weighted by Gasteiger charge is 2.34. The molecule has 1 fully saturated rings. The van der Waals surface area contributed by atoms with Gasteiger partial charge in [-0.25, -0.2) is 9.37 Å². The van der Waals surface area contributed by atoms with Crippen LogP contribution in [0.4, 0.5) is 23.4 Å². The highest BCUT2D eigenvalue weighted by atomic mass is 19.4. The first-order chi connectivity index (χ1) is 17.1. The molecular weight excluding hydrogens is 478 g/mol. The summed E-state index contributed by atoms with van der Waals surface area (Å²) >= 11 is 0. The Kier molecular flexibility index (Phi) is 7.01. The van der Waals surface area contributed by atoms with Crippen molar-refractivity contribution in [3.8, 4) is 17.6 Å². The number of hydrogen-bond acceptors (Lipinski definition) is 5. The van der Waals surface area contributed by atoms with Crippen LogP contribution in [0, 0.1) is 23.1 Å². The molecule has 10 heteroatoms. The molecule has 1 N–H and O–H groups in total. The molecule has 0 bridgehead atoms. The van der Waals surface area contributed by atoms with Gasteiger partial charge in [-0.2, -0.15) is 18.4 Å². The molecule has 1 heterocycles. The number of nitrogens with one attached hydrogen (secondary N) is 1. The number of halogens is 4. The number of pyridine rings is 1. The maximum Gasteiger partial charge on any atom is 0.417 e. The first-order valence-electron chi connectivity index (χ1n) is 11.0. The van der Waals surface area contributed by atoms with Crippen LogP contribution in [0.25, 0.3) is 0 Å². The summed E-state index contributed by atoms with van der Waals surface area (Å²) in [5, 5.41) is 11.6. The van der Waals surface area contributed by atoms with Crippen molar-refractivity contribution in [2.24, 2.45) is 5.92 Å². The highest BCUT2D eigenvalue weighted by molar-refractivity contribution is 5.93. The van der Waals surface area contributed by atoms with Crippen LogP contribution in [0.3, 0.4) is 0 Å². The largest absolute Gasteiger partial charge is 0.454 e. The summed E-state index contributed by atoms with van der Waals surface area (Å²) in [6.45, 7) is 0. The minimum absolute atomic E-state index is 0.00678. The number of nitrogens with zero attached hydrogens (tertiary/aromatic N) is 2. The second-order valence-corrected chi connectivity index (χ2v) is 8.39. The van der Waals surface area contributed by atoms with Gasteiger partial charge in [-0.1, -0.05) is 12.1 Å². The minimum atomic E-state index is -4.72. The Morgan fingerprint density at radius 1 is 1.06 bits per heavy atom. The molecule has 0 aliphatic heterocycles. The van der Waals surface area contributed by atoms with E-state index in [1.807, 2.05) is 0 Å². The second kappa shape index (κ2) is 10.2. The van der Waals surface area contributed by atoms with E-state index in [1.54, 1.807) is 0 Å². The lowest BCUT2D eigenvalue weighted by molar-refractivity contribution is -0.138. The van der Waals surface area contributed by atoms with Gasteiger partial charge in [0.05, 0.1) is 17.2 Å². The van der Waals surface area contributed by atoms with Crippen LogP contribution in [0.2, 0.25) is 0 Å². The average molecular weight is 497 g/mol. The predicted molar refractivity (Wildman–Crippen MR) is 121 cm³/mol. The van der Waals surface area contributed by atoms with Gasteiger partial charge < -0.3 is 10.1 Å². The number of ketones is 1. The van der Waals surface area contributed by atoms with Crippen molar-refractivity contribution in [3.05, 3.63) is 82.8 Å². The molecule has 0 saturated heterocycles. The van der Waals surface area contributed by atoms with Crippen molar-refractivity contribution >= 4 is 17.5 Å². The number of Topliss-reactive ketones (excluding diaryl/α,β-unsaturated/α-hetero) is 1. The number of rotatable bonds is 8. The van der Waals surface area contributed by atoms with E-state index in [4.69, 9.17) is 10.00 Å². The summed E-state index contributed by atoms with van der Waals surface area (Å²) in [5.74, 6) is -0.880. The van der Waals surface area contributed by atoms with Crippen molar-refractivity contribution in [2.45, 2.75) is 31.9 Å². The zero-order chi connectivity index (χ0) is 25.9. The van der Waals surface area contributed by atoms with Crippen LogP contribution >= 0.6 is 0 Å². The normalized spacial score (nSPS) is 13.1. The van der Waals surface area contributed by atoms with Gasteiger partial charge in [-0.15, -0.1) is 0 Å². The van der Waals surface area contributed by atoms with Gasteiger partial charge in [0.15, 0.2) is 11.6 Å². The van der Waals surface area contributed by atoms with Crippen molar-refractivity contribution in [3.63, 3.8) is 0 Å². The molecule has 3 aromatic rings. The minimum Gasteiger partial charge on any atom is -0.454 e. The summed E-state index contributed by atoms with van der Waals surface area (Å²) in [4.78, 5) is 28.3. The SMILES string of the molecule is N#Cc1ccc(CC(=O)Cc2ccc(Oc3ccnc(NC(=O)C4CC4)c3)c(F)c2)cc1C(F)(F)F. The number of anilines is 1. The number of carbonyl (C=O) groups excluding carboxylic acids is 2. The third kappa shape index (κ3) is 6.24. The molecule has 1 aromatic heterocycles. The molecular formula is C26H19F4N3O3. The van der Waals surface area contributed by atoms with E-state index >= 15 is 0 Å². The molecule has 36 heavy (non-hydrogen) atoms. The van der Waals surface area contributed by atoms with E-state index in [2.05, 4.69) is 10.3 Å². The average Bonchev–Trinajstić information content (AvgIpc) is 3.66. The van der Waals surface area contributed by atoms with E-state index in [1.165, 1.54) is 42.6 Å². The molecule has 4 rings (SSSR count). The number of hydrogen-bond donors (Lipinski definition) is 1. The van der Waals surface area contributed by atoms with Crippen molar-refractivity contribution in [1.82, 2.24) is 4.98 Å². The first kappa shape index (κ1) is 24.9. The summed E-state index contributed by atoms with van der Waals surface area (Å²) < 4.78 is 59.6. The zero-order valence-electron chi connectivity index (χ0n) is 18.7. The highest BCUT2D eigenvalue weighted by Crippen LogP contribution is 2.33. The number of carbonyl (C=O) groups is 2.